The standard InChI is InChI=1S/C48H77O11P/c1-3-5-7-9-11-12-13-14-15-16-17-18-19-20-21-22-26-31-35-39-48(53)59-46(43-58-60(54,55)57-41-45(51)40-49)42-56-47(52)38-34-30-27-23-25-29-33-37-44(50)36-32-28-24-10-8-6-4-2/h5,7,11-12,14-15,17-18,20-21,23-24,27-29,32-33,36,44-46,49-51H,3-4,6,8-10,13,16,19,22,25-26,30-31,34-35,37-43H2,1-2H3,(H,54,55)/b7-5-,12-11-,15-14-,18-17-,21-20-,27-23+,28-24-,33-29-,36-32-/t44-,45+,46-/m1/s1. The first-order valence-electron chi connectivity index (χ1n) is 22.0. The van der Waals surface area contributed by atoms with E-state index in [1.54, 1.807) is 6.08 Å². The Balaban J connectivity index is 4.53. The number of phosphoric acid groups is 1. The number of carbonyl (C=O) groups excluding carboxylic acids is 2. The third-order valence-corrected chi connectivity index (χ3v) is 9.44. The molecule has 60 heavy (non-hydrogen) atoms. The predicted octanol–water partition coefficient (Wildman–Crippen LogP) is 10.7. The van der Waals surface area contributed by atoms with Crippen LogP contribution in [0.2, 0.25) is 0 Å². The lowest BCUT2D eigenvalue weighted by molar-refractivity contribution is -0.161. The van der Waals surface area contributed by atoms with Crippen molar-refractivity contribution < 1.29 is 52.9 Å². The third kappa shape index (κ3) is 41.3. The minimum absolute atomic E-state index is 0.113. The maximum Gasteiger partial charge on any atom is 0.472 e. The lowest BCUT2D eigenvalue weighted by Gasteiger charge is -2.20. The SMILES string of the molecule is CC/C=C\C/C=C\C/C=C\C/C=C\C/C=C\CCCCCC(=O)O[C@H](COC(=O)CCC/C=C/C/C=C\C[C@H](O)/C=C\C=C/CCCCC)COP(=O)(O)OC[C@@H](O)CO. The van der Waals surface area contributed by atoms with Crippen LogP contribution in [0.4, 0.5) is 0 Å². The van der Waals surface area contributed by atoms with E-state index in [-0.39, 0.29) is 19.4 Å². The van der Waals surface area contributed by atoms with E-state index in [1.807, 2.05) is 36.5 Å². The van der Waals surface area contributed by atoms with Crippen LogP contribution in [-0.2, 0) is 32.7 Å². The van der Waals surface area contributed by atoms with Crippen molar-refractivity contribution in [1.29, 1.82) is 0 Å². The van der Waals surface area contributed by atoms with Gasteiger partial charge >= 0.3 is 19.8 Å². The fraction of sp³-hybridized carbons (Fsp3) is 0.583. The molecule has 12 heteroatoms. The van der Waals surface area contributed by atoms with E-state index in [0.29, 0.717) is 32.1 Å². The number of rotatable bonds is 39. The highest BCUT2D eigenvalue weighted by molar-refractivity contribution is 7.47. The Morgan fingerprint density at radius 3 is 1.73 bits per heavy atom. The highest BCUT2D eigenvalue weighted by Crippen LogP contribution is 2.43. The molecule has 0 saturated heterocycles. The highest BCUT2D eigenvalue weighted by Gasteiger charge is 2.27. The van der Waals surface area contributed by atoms with Gasteiger partial charge in [-0.05, 0) is 89.9 Å². The molecule has 0 aromatic carbocycles. The van der Waals surface area contributed by atoms with Crippen molar-refractivity contribution in [2.24, 2.45) is 0 Å². The van der Waals surface area contributed by atoms with Crippen molar-refractivity contribution in [3.8, 4) is 0 Å². The van der Waals surface area contributed by atoms with Gasteiger partial charge < -0.3 is 29.7 Å². The average molecular weight is 861 g/mol. The molecule has 11 nitrogen and oxygen atoms in total. The number of aliphatic hydroxyl groups excluding tert-OH is 3. The number of hydrogen-bond acceptors (Lipinski definition) is 10. The van der Waals surface area contributed by atoms with E-state index < -0.39 is 57.9 Å². The summed E-state index contributed by atoms with van der Waals surface area (Å²) in [7, 11) is -4.66. The molecular weight excluding hydrogens is 783 g/mol. The smallest absolute Gasteiger partial charge is 0.462 e. The van der Waals surface area contributed by atoms with Crippen LogP contribution < -0.4 is 0 Å². The summed E-state index contributed by atoms with van der Waals surface area (Å²) in [4.78, 5) is 35.0. The minimum Gasteiger partial charge on any atom is -0.462 e. The van der Waals surface area contributed by atoms with E-state index in [4.69, 9.17) is 19.1 Å². The van der Waals surface area contributed by atoms with Gasteiger partial charge in [0.15, 0.2) is 6.10 Å². The molecule has 0 aliphatic rings. The number of allylic oxidation sites excluding steroid dienone is 16. The Morgan fingerprint density at radius 2 is 1.12 bits per heavy atom. The zero-order valence-corrected chi connectivity index (χ0v) is 37.4. The Morgan fingerprint density at radius 1 is 0.583 bits per heavy atom. The zero-order valence-electron chi connectivity index (χ0n) is 36.5. The van der Waals surface area contributed by atoms with Crippen molar-refractivity contribution in [1.82, 2.24) is 0 Å². The van der Waals surface area contributed by atoms with Gasteiger partial charge in [0.05, 0.1) is 25.9 Å². The molecule has 0 aromatic heterocycles. The average Bonchev–Trinajstić information content (AvgIpc) is 3.23. The van der Waals surface area contributed by atoms with Crippen LogP contribution in [0.25, 0.3) is 0 Å². The second kappa shape index (κ2) is 42.3. The van der Waals surface area contributed by atoms with Crippen LogP contribution in [-0.4, -0.2) is 76.9 Å². The molecule has 0 spiro atoms. The van der Waals surface area contributed by atoms with Crippen molar-refractivity contribution in [3.63, 3.8) is 0 Å². The molecule has 4 N–H and O–H groups in total. The highest BCUT2D eigenvalue weighted by atomic mass is 31.2. The molecule has 0 radical (unpaired) electrons. The maximum atomic E-state index is 12.6. The lowest BCUT2D eigenvalue weighted by atomic mass is 10.1. The number of unbranched alkanes of at least 4 members (excludes halogenated alkanes) is 7. The normalized spacial score (nSPS) is 15.4. The van der Waals surface area contributed by atoms with Gasteiger partial charge in [-0.2, -0.15) is 0 Å². The maximum absolute atomic E-state index is 12.6. The predicted molar refractivity (Wildman–Crippen MR) is 243 cm³/mol. The summed E-state index contributed by atoms with van der Waals surface area (Å²) in [6, 6.07) is 0. The lowest BCUT2D eigenvalue weighted by Crippen LogP contribution is -2.29. The summed E-state index contributed by atoms with van der Waals surface area (Å²) in [5, 5.41) is 28.4. The molecule has 0 heterocycles. The summed E-state index contributed by atoms with van der Waals surface area (Å²) in [6.45, 7) is 2.01. The molecule has 4 atom stereocenters. The quantitative estimate of drug-likeness (QED) is 0.0153. The number of phosphoric ester groups is 1. The molecular formula is C48H77O11P. The van der Waals surface area contributed by atoms with Crippen molar-refractivity contribution in [3.05, 3.63) is 109 Å². The molecule has 0 saturated carbocycles. The van der Waals surface area contributed by atoms with Crippen LogP contribution in [0.3, 0.4) is 0 Å². The Labute approximate surface area is 361 Å². The second-order valence-electron chi connectivity index (χ2n) is 14.2. The molecule has 0 amide bonds. The van der Waals surface area contributed by atoms with Gasteiger partial charge in [0, 0.05) is 12.8 Å². The largest absolute Gasteiger partial charge is 0.472 e. The van der Waals surface area contributed by atoms with Gasteiger partial charge in [-0.15, -0.1) is 0 Å². The van der Waals surface area contributed by atoms with Gasteiger partial charge in [0.25, 0.3) is 0 Å². The summed E-state index contributed by atoms with van der Waals surface area (Å²) in [5.41, 5.74) is 0. The third-order valence-electron chi connectivity index (χ3n) is 8.49. The van der Waals surface area contributed by atoms with Crippen molar-refractivity contribution >= 4 is 19.8 Å². The minimum atomic E-state index is -4.66. The van der Waals surface area contributed by atoms with Crippen LogP contribution in [0.1, 0.15) is 136 Å². The van der Waals surface area contributed by atoms with Gasteiger partial charge in [-0.25, -0.2) is 4.57 Å². The topological polar surface area (TPSA) is 169 Å². The van der Waals surface area contributed by atoms with Gasteiger partial charge in [-0.3, -0.25) is 18.6 Å². The molecule has 0 rings (SSSR count). The molecule has 0 bridgehead atoms. The first-order valence-corrected chi connectivity index (χ1v) is 23.4. The van der Waals surface area contributed by atoms with Crippen LogP contribution in [0.15, 0.2) is 109 Å². The number of aliphatic hydroxyl groups is 3. The van der Waals surface area contributed by atoms with E-state index >= 15 is 0 Å². The monoisotopic (exact) mass is 861 g/mol. The molecule has 0 aliphatic heterocycles. The molecule has 0 aliphatic carbocycles. The number of esters is 2. The molecule has 1 unspecified atom stereocenters. The second-order valence-corrected chi connectivity index (χ2v) is 15.6. The van der Waals surface area contributed by atoms with Crippen molar-refractivity contribution in [2.45, 2.75) is 154 Å². The summed E-state index contributed by atoms with van der Waals surface area (Å²) < 4.78 is 32.6. The van der Waals surface area contributed by atoms with E-state index in [1.165, 1.54) is 19.3 Å². The molecule has 0 fully saturated rings. The zero-order chi connectivity index (χ0) is 44.2. The van der Waals surface area contributed by atoms with E-state index in [0.717, 1.165) is 57.8 Å². The van der Waals surface area contributed by atoms with Gasteiger partial charge in [-0.1, -0.05) is 142 Å². The van der Waals surface area contributed by atoms with Gasteiger partial charge in [0.1, 0.15) is 12.7 Å². The molecule has 340 valence electrons. The first-order chi connectivity index (χ1) is 29.1. The van der Waals surface area contributed by atoms with E-state index in [2.05, 4.69) is 85.2 Å². The summed E-state index contributed by atoms with van der Waals surface area (Å²) in [6.07, 6.45) is 49.4. The van der Waals surface area contributed by atoms with Crippen molar-refractivity contribution in [2.75, 3.05) is 26.4 Å². The number of ether oxygens (including phenoxy) is 2. The van der Waals surface area contributed by atoms with E-state index in [9.17, 15) is 29.3 Å². The van der Waals surface area contributed by atoms with Crippen LogP contribution >= 0.6 is 7.82 Å². The fourth-order valence-corrected chi connectivity index (χ4v) is 5.88. The Bertz CT molecular complexity index is 1380. The fourth-order valence-electron chi connectivity index (χ4n) is 5.09. The number of carbonyl (C=O) groups is 2. The summed E-state index contributed by atoms with van der Waals surface area (Å²) in [5.74, 6) is -1.08. The Kier molecular flexibility index (Phi) is 39.9. The van der Waals surface area contributed by atoms with Crippen LogP contribution in [0.5, 0.6) is 0 Å². The number of hydrogen-bond donors (Lipinski definition) is 4. The van der Waals surface area contributed by atoms with Gasteiger partial charge in [0.2, 0.25) is 0 Å². The summed E-state index contributed by atoms with van der Waals surface area (Å²) >= 11 is 0. The first kappa shape index (κ1) is 56.6. The Hall–Kier alpha value is -3.41. The molecule has 0 aromatic rings. The van der Waals surface area contributed by atoms with Crippen LogP contribution in [0, 0.1) is 0 Å².